The van der Waals surface area contributed by atoms with Crippen LogP contribution in [0, 0.1) is 0 Å². The van der Waals surface area contributed by atoms with E-state index in [1.165, 1.54) is 12.3 Å². The molecule has 0 aromatic heterocycles. The molecule has 1 aromatic rings. The number of anilines is 2. The van der Waals surface area contributed by atoms with Gasteiger partial charge in [-0.2, -0.15) is 0 Å². The fraction of sp³-hybridized carbons (Fsp3) is 0.538. The van der Waals surface area contributed by atoms with E-state index in [0.29, 0.717) is 5.69 Å². The van der Waals surface area contributed by atoms with E-state index < -0.39 is 9.84 Å². The highest BCUT2D eigenvalue weighted by Crippen LogP contribution is 2.26. The smallest absolute Gasteiger partial charge is 0.175 e. The Hall–Kier alpha value is -1.27. The number of rotatable bonds is 4. The monoisotopic (exact) mass is 284 g/mol. The Morgan fingerprint density at radius 2 is 2.21 bits per heavy atom. The minimum atomic E-state index is -3.21. The topological polar surface area (TPSA) is 72.6 Å². The second-order valence-corrected chi connectivity index (χ2v) is 7.02. The van der Waals surface area contributed by atoms with Crippen LogP contribution in [0.15, 0.2) is 23.1 Å². The summed E-state index contributed by atoms with van der Waals surface area (Å²) in [5, 5.41) is 0. The van der Waals surface area contributed by atoms with Crippen molar-refractivity contribution in [2.45, 2.75) is 23.8 Å². The molecule has 0 amide bonds. The predicted octanol–water partition coefficient (Wildman–Crippen LogP) is 1.29. The molecular weight excluding hydrogens is 264 g/mol. The number of hydrogen-bond donors (Lipinski definition) is 1. The zero-order valence-electron chi connectivity index (χ0n) is 11.3. The molecule has 1 fully saturated rings. The van der Waals surface area contributed by atoms with Crippen LogP contribution in [0.1, 0.15) is 12.8 Å². The molecule has 1 heterocycles. The summed E-state index contributed by atoms with van der Waals surface area (Å²) in [6, 6.07) is 4.85. The molecule has 2 rings (SSSR count). The van der Waals surface area contributed by atoms with Crippen molar-refractivity contribution in [2.24, 2.45) is 0 Å². The average molecular weight is 284 g/mol. The molecule has 1 unspecified atom stereocenters. The van der Waals surface area contributed by atoms with E-state index >= 15 is 0 Å². The van der Waals surface area contributed by atoms with Crippen LogP contribution in [-0.2, 0) is 14.6 Å². The van der Waals surface area contributed by atoms with Crippen molar-refractivity contribution in [3.63, 3.8) is 0 Å². The molecule has 1 aliphatic heterocycles. The van der Waals surface area contributed by atoms with Gasteiger partial charge in [-0.25, -0.2) is 8.42 Å². The van der Waals surface area contributed by atoms with Gasteiger partial charge in [0.05, 0.1) is 22.4 Å². The van der Waals surface area contributed by atoms with Gasteiger partial charge in [-0.05, 0) is 31.0 Å². The molecule has 6 heteroatoms. The van der Waals surface area contributed by atoms with E-state index in [1.807, 2.05) is 11.9 Å². The summed E-state index contributed by atoms with van der Waals surface area (Å²) < 4.78 is 28.5. The summed E-state index contributed by atoms with van der Waals surface area (Å²) >= 11 is 0. The Labute approximate surface area is 114 Å². The van der Waals surface area contributed by atoms with E-state index in [0.717, 1.165) is 31.7 Å². The normalized spacial score (nSPS) is 19.6. The van der Waals surface area contributed by atoms with Crippen LogP contribution in [-0.4, -0.2) is 41.0 Å². The van der Waals surface area contributed by atoms with E-state index in [-0.39, 0.29) is 11.0 Å². The third-order valence-electron chi connectivity index (χ3n) is 3.34. The van der Waals surface area contributed by atoms with Gasteiger partial charge in [0.2, 0.25) is 0 Å². The van der Waals surface area contributed by atoms with Gasteiger partial charge in [-0.3, -0.25) is 0 Å². The Balaban J connectivity index is 2.16. The number of hydrogen-bond acceptors (Lipinski definition) is 5. The lowest BCUT2D eigenvalue weighted by Gasteiger charge is -2.24. The van der Waals surface area contributed by atoms with Gasteiger partial charge in [0.15, 0.2) is 9.84 Å². The SMILES string of the molecule is CN(CC1CCCO1)c1ccc(S(C)(=O)=O)cc1N. The summed E-state index contributed by atoms with van der Waals surface area (Å²) in [5.74, 6) is 0. The maximum Gasteiger partial charge on any atom is 0.175 e. The summed E-state index contributed by atoms with van der Waals surface area (Å²) in [4.78, 5) is 2.26. The van der Waals surface area contributed by atoms with Crippen molar-refractivity contribution >= 4 is 21.2 Å². The first-order valence-corrected chi connectivity index (χ1v) is 8.19. The van der Waals surface area contributed by atoms with E-state index in [4.69, 9.17) is 10.5 Å². The van der Waals surface area contributed by atoms with Gasteiger partial charge >= 0.3 is 0 Å². The van der Waals surface area contributed by atoms with Crippen molar-refractivity contribution in [1.29, 1.82) is 0 Å². The molecule has 0 saturated carbocycles. The highest BCUT2D eigenvalue weighted by Gasteiger charge is 2.19. The zero-order valence-corrected chi connectivity index (χ0v) is 12.1. The van der Waals surface area contributed by atoms with Crippen molar-refractivity contribution in [3.8, 4) is 0 Å². The molecular formula is C13H20N2O3S. The lowest BCUT2D eigenvalue weighted by atomic mass is 10.2. The summed E-state index contributed by atoms with van der Waals surface area (Å²) in [6.45, 7) is 1.59. The fourth-order valence-corrected chi connectivity index (χ4v) is 2.96. The number of sulfone groups is 1. The highest BCUT2D eigenvalue weighted by molar-refractivity contribution is 7.90. The number of nitrogens with zero attached hydrogens (tertiary/aromatic N) is 1. The quantitative estimate of drug-likeness (QED) is 0.843. The number of benzene rings is 1. The molecule has 5 nitrogen and oxygen atoms in total. The molecule has 1 atom stereocenters. The molecule has 0 aliphatic carbocycles. The van der Waals surface area contributed by atoms with Crippen LogP contribution < -0.4 is 10.6 Å². The summed E-state index contributed by atoms with van der Waals surface area (Å²) in [6.07, 6.45) is 3.57. The average Bonchev–Trinajstić information content (AvgIpc) is 2.80. The van der Waals surface area contributed by atoms with Crippen molar-refractivity contribution in [3.05, 3.63) is 18.2 Å². The first-order valence-electron chi connectivity index (χ1n) is 6.30. The molecule has 1 aromatic carbocycles. The number of ether oxygens (including phenoxy) is 1. The van der Waals surface area contributed by atoms with Gasteiger partial charge in [0.1, 0.15) is 0 Å². The van der Waals surface area contributed by atoms with Crippen LogP contribution in [0.25, 0.3) is 0 Å². The molecule has 19 heavy (non-hydrogen) atoms. The number of nitrogen functional groups attached to an aromatic ring is 1. The van der Waals surface area contributed by atoms with E-state index in [1.54, 1.807) is 12.1 Å². The Bertz CT molecular complexity index is 551. The van der Waals surface area contributed by atoms with Crippen LogP contribution in [0.3, 0.4) is 0 Å². The standard InChI is InChI=1S/C13H20N2O3S/c1-15(9-10-4-3-7-18-10)13-6-5-11(8-12(13)14)19(2,16)17/h5-6,8,10H,3-4,7,9,14H2,1-2H3. The van der Waals surface area contributed by atoms with Gasteiger partial charge in [-0.1, -0.05) is 0 Å². The minimum absolute atomic E-state index is 0.235. The first-order chi connectivity index (χ1) is 8.88. The predicted molar refractivity (Wildman–Crippen MR) is 76.2 cm³/mol. The Kier molecular flexibility index (Phi) is 4.01. The Morgan fingerprint density at radius 1 is 1.47 bits per heavy atom. The Morgan fingerprint density at radius 3 is 2.74 bits per heavy atom. The van der Waals surface area contributed by atoms with E-state index in [9.17, 15) is 8.42 Å². The molecule has 0 spiro atoms. The molecule has 2 N–H and O–H groups in total. The molecule has 106 valence electrons. The number of nitrogens with two attached hydrogens (primary N) is 1. The maximum atomic E-state index is 11.5. The third-order valence-corrected chi connectivity index (χ3v) is 4.45. The van der Waals surface area contributed by atoms with Gasteiger partial charge < -0.3 is 15.4 Å². The maximum absolute atomic E-state index is 11.5. The minimum Gasteiger partial charge on any atom is -0.397 e. The lowest BCUT2D eigenvalue weighted by molar-refractivity contribution is 0.116. The third kappa shape index (κ3) is 3.39. The molecule has 1 saturated heterocycles. The second-order valence-electron chi connectivity index (χ2n) is 5.01. The first kappa shape index (κ1) is 14.1. The van der Waals surface area contributed by atoms with Crippen LogP contribution >= 0.6 is 0 Å². The van der Waals surface area contributed by atoms with Crippen LogP contribution in [0.2, 0.25) is 0 Å². The summed E-state index contributed by atoms with van der Waals surface area (Å²) in [5.41, 5.74) is 7.26. The van der Waals surface area contributed by atoms with E-state index in [2.05, 4.69) is 0 Å². The summed E-state index contributed by atoms with van der Waals surface area (Å²) in [7, 11) is -1.28. The largest absolute Gasteiger partial charge is 0.397 e. The molecule has 1 aliphatic rings. The molecule has 0 bridgehead atoms. The highest BCUT2D eigenvalue weighted by atomic mass is 32.2. The van der Waals surface area contributed by atoms with Gasteiger partial charge in [0.25, 0.3) is 0 Å². The van der Waals surface area contributed by atoms with Crippen LogP contribution in [0.5, 0.6) is 0 Å². The van der Waals surface area contributed by atoms with Crippen molar-refractivity contribution in [1.82, 2.24) is 0 Å². The van der Waals surface area contributed by atoms with Gasteiger partial charge in [0, 0.05) is 26.5 Å². The van der Waals surface area contributed by atoms with Crippen LogP contribution in [0.4, 0.5) is 11.4 Å². The molecule has 0 radical (unpaired) electrons. The van der Waals surface area contributed by atoms with Gasteiger partial charge in [-0.15, -0.1) is 0 Å². The number of likely N-dealkylation sites (N-methyl/N-ethyl adjacent to an activating group) is 1. The van der Waals surface area contributed by atoms with Crippen molar-refractivity contribution < 1.29 is 13.2 Å². The van der Waals surface area contributed by atoms with Crippen molar-refractivity contribution in [2.75, 3.05) is 37.1 Å². The zero-order chi connectivity index (χ0) is 14.0. The second kappa shape index (κ2) is 5.38. The fourth-order valence-electron chi connectivity index (χ4n) is 2.30. The lowest BCUT2D eigenvalue weighted by Crippen LogP contribution is -2.29.